The summed E-state index contributed by atoms with van der Waals surface area (Å²) in [5, 5.41) is 19.2. The minimum absolute atomic E-state index is 0.0118. The molecule has 0 spiro atoms. The highest BCUT2D eigenvalue weighted by atomic mass is 16.6. The first kappa shape index (κ1) is 29.1. The van der Waals surface area contributed by atoms with Gasteiger partial charge in [0.15, 0.2) is 0 Å². The van der Waals surface area contributed by atoms with Gasteiger partial charge in [-0.3, -0.25) is 0 Å². The van der Waals surface area contributed by atoms with E-state index in [0.29, 0.717) is 35.3 Å². The fourth-order valence-electron chi connectivity index (χ4n) is 8.97. The Hall–Kier alpha value is -3.63. The molecular weight excluding hydrogens is 558 g/mol. The van der Waals surface area contributed by atoms with Crippen LogP contribution in [0.2, 0.25) is 0 Å². The number of carbonyl (C=O) groups excluding carboxylic acids is 1. The number of anilines is 3. The Bertz CT molecular complexity index is 1390. The number of aryl methyl sites for hydroxylation is 2. The van der Waals surface area contributed by atoms with Crippen LogP contribution in [0.1, 0.15) is 86.4 Å². The second kappa shape index (κ2) is 11.7. The molecule has 1 amide bonds. The van der Waals surface area contributed by atoms with E-state index in [-0.39, 0.29) is 6.54 Å². The molecule has 1 saturated heterocycles. The number of ether oxygens (including phenoxy) is 1. The molecular formula is C33H45N7O4. The molecule has 11 heteroatoms. The van der Waals surface area contributed by atoms with Crippen LogP contribution in [0.5, 0.6) is 0 Å². The van der Waals surface area contributed by atoms with E-state index in [9.17, 15) is 14.7 Å². The summed E-state index contributed by atoms with van der Waals surface area (Å²) in [5.41, 5.74) is 2.91. The van der Waals surface area contributed by atoms with Crippen LogP contribution in [-0.2, 0) is 16.0 Å². The summed E-state index contributed by atoms with van der Waals surface area (Å²) in [7, 11) is 0. The highest BCUT2D eigenvalue weighted by Crippen LogP contribution is 2.57. The topological polar surface area (TPSA) is 142 Å². The van der Waals surface area contributed by atoms with E-state index < -0.39 is 23.7 Å². The highest BCUT2D eigenvalue weighted by Gasteiger charge is 2.53. The summed E-state index contributed by atoms with van der Waals surface area (Å²) in [6.07, 6.45) is 10.0. The molecule has 5 fully saturated rings. The number of carboxylic acids is 1. The number of nitrogens with one attached hydrogen (secondary N) is 3. The van der Waals surface area contributed by atoms with Crippen LogP contribution in [0.3, 0.4) is 0 Å². The lowest BCUT2D eigenvalue weighted by Crippen LogP contribution is -2.55. The van der Waals surface area contributed by atoms with Gasteiger partial charge in [0.1, 0.15) is 34.9 Å². The van der Waals surface area contributed by atoms with E-state index in [4.69, 9.17) is 14.7 Å². The van der Waals surface area contributed by atoms with Crippen LogP contribution in [-0.4, -0.2) is 69.9 Å². The van der Waals surface area contributed by atoms with Crippen LogP contribution in [0.25, 0.3) is 0 Å². The lowest BCUT2D eigenvalue weighted by Gasteiger charge is -2.55. The Labute approximate surface area is 259 Å². The van der Waals surface area contributed by atoms with Crippen molar-refractivity contribution in [1.29, 1.82) is 0 Å². The number of amides is 1. The summed E-state index contributed by atoms with van der Waals surface area (Å²) in [4.78, 5) is 41.7. The van der Waals surface area contributed by atoms with Gasteiger partial charge in [0.2, 0.25) is 0 Å². The van der Waals surface area contributed by atoms with E-state index >= 15 is 0 Å². The second-order valence-corrected chi connectivity index (χ2v) is 14.0. The van der Waals surface area contributed by atoms with Crippen molar-refractivity contribution in [1.82, 2.24) is 20.3 Å². The monoisotopic (exact) mass is 603 g/mol. The molecule has 2 aliphatic heterocycles. The van der Waals surface area contributed by atoms with Crippen molar-refractivity contribution in [2.75, 3.05) is 41.7 Å². The van der Waals surface area contributed by atoms with Crippen molar-refractivity contribution in [2.45, 2.75) is 95.6 Å². The van der Waals surface area contributed by atoms with Gasteiger partial charge in [-0.05, 0) is 107 Å². The summed E-state index contributed by atoms with van der Waals surface area (Å²) in [5.74, 6) is 4.29. The van der Waals surface area contributed by atoms with Gasteiger partial charge >= 0.3 is 12.1 Å². The van der Waals surface area contributed by atoms with Crippen LogP contribution < -0.4 is 20.9 Å². The lowest BCUT2D eigenvalue weighted by molar-refractivity contribution is -0.141. The third-order valence-electron chi connectivity index (χ3n) is 10.7. The largest absolute Gasteiger partial charge is 0.480 e. The molecule has 0 unspecified atom stereocenters. The maximum Gasteiger partial charge on any atom is 0.408 e. The summed E-state index contributed by atoms with van der Waals surface area (Å²) >= 11 is 0. The van der Waals surface area contributed by atoms with Gasteiger partial charge in [-0.1, -0.05) is 6.07 Å². The molecule has 0 aromatic carbocycles. The number of pyridine rings is 1. The highest BCUT2D eigenvalue weighted by molar-refractivity contribution is 5.80. The number of rotatable bonds is 8. The molecule has 6 aliphatic rings. The Morgan fingerprint density at radius 3 is 2.45 bits per heavy atom. The molecule has 236 valence electrons. The number of piperidine rings is 1. The van der Waals surface area contributed by atoms with Crippen molar-refractivity contribution in [3.63, 3.8) is 0 Å². The van der Waals surface area contributed by atoms with Crippen LogP contribution >= 0.6 is 0 Å². The molecule has 2 aromatic rings. The summed E-state index contributed by atoms with van der Waals surface area (Å²) in [6, 6.07) is 3.28. The smallest absolute Gasteiger partial charge is 0.408 e. The van der Waals surface area contributed by atoms with Gasteiger partial charge in [0.05, 0.1) is 0 Å². The molecule has 4 heterocycles. The van der Waals surface area contributed by atoms with Crippen molar-refractivity contribution >= 4 is 29.5 Å². The number of alkyl carbamates (subject to hydrolysis) is 1. The van der Waals surface area contributed by atoms with Gasteiger partial charge in [0, 0.05) is 43.4 Å². The minimum Gasteiger partial charge on any atom is -0.480 e. The van der Waals surface area contributed by atoms with Crippen LogP contribution in [0.15, 0.2) is 12.1 Å². The van der Waals surface area contributed by atoms with Gasteiger partial charge in [-0.2, -0.15) is 0 Å². The zero-order valence-electron chi connectivity index (χ0n) is 25.9. The SMILES string of the molecule is Cc1nc(NC[C@H](NC(=O)OC23CC4CC(CC(C4)C2)C3)C(=O)O)c(C)c(N2CCC(c3ccc4c(n3)NCCC4)CC2)n1. The van der Waals surface area contributed by atoms with Gasteiger partial charge in [0.25, 0.3) is 0 Å². The number of aromatic nitrogens is 3. The normalized spacial score (nSPS) is 28.1. The van der Waals surface area contributed by atoms with E-state index in [1.807, 2.05) is 13.8 Å². The van der Waals surface area contributed by atoms with Crippen molar-refractivity contribution in [3.8, 4) is 0 Å². The molecule has 11 nitrogen and oxygen atoms in total. The number of hydrogen-bond donors (Lipinski definition) is 4. The average molecular weight is 604 g/mol. The van der Waals surface area contributed by atoms with Crippen molar-refractivity contribution in [3.05, 3.63) is 34.8 Å². The Balaban J connectivity index is 0.969. The third-order valence-corrected chi connectivity index (χ3v) is 10.7. The van der Waals surface area contributed by atoms with Crippen LogP contribution in [0, 0.1) is 31.6 Å². The van der Waals surface area contributed by atoms with Crippen molar-refractivity contribution < 1.29 is 19.4 Å². The first-order valence-electron chi connectivity index (χ1n) is 16.5. The van der Waals surface area contributed by atoms with E-state index in [0.717, 1.165) is 87.5 Å². The lowest BCUT2D eigenvalue weighted by atomic mass is 9.54. The number of carbonyl (C=O) groups is 2. The summed E-state index contributed by atoms with van der Waals surface area (Å²) in [6.45, 7) is 6.49. The second-order valence-electron chi connectivity index (χ2n) is 14.0. The maximum absolute atomic E-state index is 13.0. The number of nitrogens with zero attached hydrogens (tertiary/aromatic N) is 4. The van der Waals surface area contributed by atoms with E-state index in [2.05, 4.69) is 38.0 Å². The molecule has 4 aliphatic carbocycles. The molecule has 4 bridgehead atoms. The maximum atomic E-state index is 13.0. The zero-order valence-corrected chi connectivity index (χ0v) is 25.9. The van der Waals surface area contributed by atoms with Gasteiger partial charge in [-0.15, -0.1) is 0 Å². The summed E-state index contributed by atoms with van der Waals surface area (Å²) < 4.78 is 6.01. The molecule has 1 atom stereocenters. The molecule has 4 saturated carbocycles. The third kappa shape index (κ3) is 5.89. The number of hydrogen-bond acceptors (Lipinski definition) is 9. The zero-order chi connectivity index (χ0) is 30.4. The van der Waals surface area contributed by atoms with Crippen LogP contribution in [0.4, 0.5) is 22.2 Å². The first-order valence-corrected chi connectivity index (χ1v) is 16.5. The Kier molecular flexibility index (Phi) is 7.74. The Morgan fingerprint density at radius 1 is 1.07 bits per heavy atom. The van der Waals surface area contributed by atoms with E-state index in [1.54, 1.807) is 0 Å². The number of carboxylic acid groups (broad SMARTS) is 1. The molecule has 2 aromatic heterocycles. The first-order chi connectivity index (χ1) is 21.2. The quantitative estimate of drug-likeness (QED) is 0.333. The minimum atomic E-state index is -1.15. The molecule has 8 rings (SSSR count). The predicted molar refractivity (Wildman–Crippen MR) is 167 cm³/mol. The molecule has 0 radical (unpaired) electrons. The molecule has 4 N–H and O–H groups in total. The standard InChI is InChI=1S/C33H45N7O4/c1-19-28(35-18-27(31(41)42)39-32(43)44-33-15-21-12-22(16-33)14-23(13-21)17-33)36-20(2)37-30(19)40-10-7-24(8-11-40)26-6-5-25-4-3-9-34-29(25)38-26/h5-6,21-24,27H,3-4,7-18H2,1-2H3,(H,34,38)(H,39,43)(H,41,42)(H,35,36,37)/t21?,22?,23?,27-,33?/m0/s1. The Morgan fingerprint density at radius 2 is 1.77 bits per heavy atom. The average Bonchev–Trinajstić information content (AvgIpc) is 2.99. The number of fused-ring (bicyclic) bond motifs is 1. The fraction of sp³-hybridized carbons (Fsp3) is 0.667. The van der Waals surface area contributed by atoms with Gasteiger partial charge in [-0.25, -0.2) is 24.5 Å². The van der Waals surface area contributed by atoms with Gasteiger partial charge < -0.3 is 30.7 Å². The van der Waals surface area contributed by atoms with Crippen molar-refractivity contribution in [2.24, 2.45) is 17.8 Å². The fourth-order valence-corrected chi connectivity index (χ4v) is 8.97. The van der Waals surface area contributed by atoms with E-state index in [1.165, 1.54) is 24.8 Å². The molecule has 44 heavy (non-hydrogen) atoms. The predicted octanol–water partition coefficient (Wildman–Crippen LogP) is 4.79. The number of aliphatic carboxylic acids is 1.